The number of aromatic nitrogens is 1. The Balaban J connectivity index is 2.10. The molecule has 1 aromatic heterocycles. The number of pyridine rings is 1. The summed E-state index contributed by atoms with van der Waals surface area (Å²) in [6.07, 6.45) is 0. The number of anilines is 2. The van der Waals surface area contributed by atoms with E-state index in [1.54, 1.807) is 25.3 Å². The molecular formula is C16H11Cl3N2O. The van der Waals surface area contributed by atoms with Crippen LogP contribution in [0.2, 0.25) is 15.2 Å². The average Bonchev–Trinajstić information content (AvgIpc) is 2.50. The highest BCUT2D eigenvalue weighted by Crippen LogP contribution is 2.32. The van der Waals surface area contributed by atoms with Crippen molar-refractivity contribution in [3.05, 3.63) is 57.7 Å². The molecule has 22 heavy (non-hydrogen) atoms. The van der Waals surface area contributed by atoms with Gasteiger partial charge >= 0.3 is 0 Å². The minimum Gasteiger partial charge on any atom is -0.497 e. The molecule has 0 saturated carbocycles. The molecule has 0 fully saturated rings. The smallest absolute Gasteiger partial charge is 0.131 e. The summed E-state index contributed by atoms with van der Waals surface area (Å²) in [6, 6.07) is 12.7. The molecule has 0 aliphatic heterocycles. The second kappa shape index (κ2) is 6.21. The molecule has 0 amide bonds. The molecule has 1 heterocycles. The zero-order valence-corrected chi connectivity index (χ0v) is 13.8. The van der Waals surface area contributed by atoms with Gasteiger partial charge in [0.1, 0.15) is 10.9 Å². The van der Waals surface area contributed by atoms with Gasteiger partial charge in [0.25, 0.3) is 0 Å². The first-order valence-electron chi connectivity index (χ1n) is 6.43. The maximum atomic E-state index is 6.09. The first kappa shape index (κ1) is 15.2. The van der Waals surface area contributed by atoms with Gasteiger partial charge in [-0.05, 0) is 42.5 Å². The van der Waals surface area contributed by atoms with E-state index in [1.807, 2.05) is 24.3 Å². The molecular weight excluding hydrogens is 343 g/mol. The van der Waals surface area contributed by atoms with Crippen molar-refractivity contribution in [1.29, 1.82) is 0 Å². The van der Waals surface area contributed by atoms with Crippen LogP contribution in [-0.2, 0) is 0 Å². The van der Waals surface area contributed by atoms with Crippen LogP contribution in [0.3, 0.4) is 0 Å². The molecule has 0 unspecified atom stereocenters. The van der Waals surface area contributed by atoms with Crippen molar-refractivity contribution in [3.8, 4) is 5.75 Å². The third kappa shape index (κ3) is 3.07. The maximum Gasteiger partial charge on any atom is 0.131 e. The van der Waals surface area contributed by atoms with Crippen molar-refractivity contribution in [2.45, 2.75) is 0 Å². The van der Waals surface area contributed by atoms with Gasteiger partial charge in [-0.25, -0.2) is 4.98 Å². The molecule has 0 aliphatic carbocycles. The average molecular weight is 354 g/mol. The topological polar surface area (TPSA) is 34.1 Å². The van der Waals surface area contributed by atoms with Gasteiger partial charge in [0.15, 0.2) is 0 Å². The number of fused-ring (bicyclic) bond motifs is 1. The summed E-state index contributed by atoms with van der Waals surface area (Å²) >= 11 is 18.1. The highest BCUT2D eigenvalue weighted by Gasteiger charge is 2.08. The summed E-state index contributed by atoms with van der Waals surface area (Å²) in [5.41, 5.74) is 2.39. The highest BCUT2D eigenvalue weighted by molar-refractivity contribution is 6.42. The monoisotopic (exact) mass is 352 g/mol. The Hall–Kier alpha value is -1.68. The summed E-state index contributed by atoms with van der Waals surface area (Å²) in [5.74, 6) is 0.744. The van der Waals surface area contributed by atoms with Gasteiger partial charge in [0, 0.05) is 11.1 Å². The molecule has 3 nitrogen and oxygen atoms in total. The number of benzene rings is 2. The van der Waals surface area contributed by atoms with E-state index in [0.717, 1.165) is 28.0 Å². The fourth-order valence-corrected chi connectivity index (χ4v) is 2.63. The fraction of sp³-hybridized carbons (Fsp3) is 0.0625. The Morgan fingerprint density at radius 3 is 2.50 bits per heavy atom. The molecule has 2 aromatic carbocycles. The van der Waals surface area contributed by atoms with Crippen molar-refractivity contribution in [2.24, 2.45) is 0 Å². The Labute approximate surface area is 142 Å². The molecule has 0 aliphatic rings. The van der Waals surface area contributed by atoms with Gasteiger partial charge < -0.3 is 10.1 Å². The number of halogens is 3. The zero-order chi connectivity index (χ0) is 15.7. The fourth-order valence-electron chi connectivity index (χ4n) is 2.13. The lowest BCUT2D eigenvalue weighted by atomic mass is 10.1. The summed E-state index contributed by atoms with van der Waals surface area (Å²) in [5, 5.41) is 5.57. The lowest BCUT2D eigenvalue weighted by molar-refractivity contribution is 0.415. The van der Waals surface area contributed by atoms with E-state index in [9.17, 15) is 0 Å². The van der Waals surface area contributed by atoms with E-state index in [2.05, 4.69) is 10.3 Å². The Morgan fingerprint density at radius 2 is 1.77 bits per heavy atom. The quantitative estimate of drug-likeness (QED) is 0.591. The minimum absolute atomic E-state index is 0.403. The number of hydrogen-bond acceptors (Lipinski definition) is 3. The van der Waals surface area contributed by atoms with Crippen molar-refractivity contribution < 1.29 is 4.74 Å². The molecule has 0 atom stereocenters. The summed E-state index contributed by atoms with van der Waals surface area (Å²) in [6.45, 7) is 0. The molecule has 1 N–H and O–H groups in total. The Morgan fingerprint density at radius 1 is 0.955 bits per heavy atom. The van der Waals surface area contributed by atoms with Crippen LogP contribution in [0, 0.1) is 0 Å². The van der Waals surface area contributed by atoms with E-state index in [0.29, 0.717) is 15.2 Å². The number of methoxy groups -OCH3 is 1. The van der Waals surface area contributed by atoms with E-state index in [1.165, 1.54) is 0 Å². The first-order valence-corrected chi connectivity index (χ1v) is 7.56. The van der Waals surface area contributed by atoms with Gasteiger partial charge in [-0.3, -0.25) is 0 Å². The number of rotatable bonds is 3. The van der Waals surface area contributed by atoms with Gasteiger partial charge in [0.05, 0.1) is 28.4 Å². The second-order valence-corrected chi connectivity index (χ2v) is 5.83. The number of hydrogen-bond donors (Lipinski definition) is 1. The van der Waals surface area contributed by atoms with E-state index >= 15 is 0 Å². The number of ether oxygens (including phenoxy) is 1. The van der Waals surface area contributed by atoms with Crippen molar-refractivity contribution in [3.63, 3.8) is 0 Å². The van der Waals surface area contributed by atoms with Crippen LogP contribution < -0.4 is 10.1 Å². The Bertz CT molecular complexity index is 852. The molecule has 0 spiro atoms. The molecule has 6 heteroatoms. The largest absolute Gasteiger partial charge is 0.497 e. The minimum atomic E-state index is 0.403. The summed E-state index contributed by atoms with van der Waals surface area (Å²) < 4.78 is 5.27. The van der Waals surface area contributed by atoms with Crippen LogP contribution in [0.1, 0.15) is 0 Å². The first-order chi connectivity index (χ1) is 10.6. The van der Waals surface area contributed by atoms with E-state index in [4.69, 9.17) is 39.5 Å². The lowest BCUT2D eigenvalue weighted by Crippen LogP contribution is -1.94. The molecule has 3 aromatic rings. The van der Waals surface area contributed by atoms with Crippen LogP contribution in [0.25, 0.3) is 10.9 Å². The highest BCUT2D eigenvalue weighted by atomic mass is 35.5. The summed E-state index contributed by atoms with van der Waals surface area (Å²) in [4.78, 5) is 4.31. The standard InChI is InChI=1S/C16H11Cl3N2O/c1-22-10-3-5-14-11(7-10)15(8-16(19)21-14)20-9-2-4-12(17)13(18)6-9/h2-8H,1H3,(H,20,21). The predicted octanol–water partition coefficient (Wildman–Crippen LogP) is 5.95. The predicted molar refractivity (Wildman–Crippen MR) is 93.0 cm³/mol. The van der Waals surface area contributed by atoms with Crippen molar-refractivity contribution in [1.82, 2.24) is 4.98 Å². The van der Waals surface area contributed by atoms with E-state index in [-0.39, 0.29) is 0 Å². The second-order valence-electron chi connectivity index (χ2n) is 4.63. The van der Waals surface area contributed by atoms with Crippen LogP contribution in [0.4, 0.5) is 11.4 Å². The van der Waals surface area contributed by atoms with Crippen molar-refractivity contribution in [2.75, 3.05) is 12.4 Å². The zero-order valence-electron chi connectivity index (χ0n) is 11.5. The van der Waals surface area contributed by atoms with Gasteiger partial charge in [-0.15, -0.1) is 0 Å². The normalized spacial score (nSPS) is 10.7. The molecule has 0 bridgehead atoms. The molecule has 3 rings (SSSR count). The van der Waals surface area contributed by atoms with Crippen LogP contribution >= 0.6 is 34.8 Å². The van der Waals surface area contributed by atoms with Gasteiger partial charge in [-0.1, -0.05) is 34.8 Å². The SMILES string of the molecule is COc1ccc2nc(Cl)cc(Nc3ccc(Cl)c(Cl)c3)c2c1. The van der Waals surface area contributed by atoms with Crippen LogP contribution in [0.15, 0.2) is 42.5 Å². The third-order valence-corrected chi connectivity index (χ3v) is 4.12. The van der Waals surface area contributed by atoms with Gasteiger partial charge in [0.2, 0.25) is 0 Å². The van der Waals surface area contributed by atoms with Crippen LogP contribution in [-0.4, -0.2) is 12.1 Å². The Kier molecular flexibility index (Phi) is 4.30. The summed E-state index contributed by atoms with van der Waals surface area (Å²) in [7, 11) is 1.62. The van der Waals surface area contributed by atoms with Gasteiger partial charge in [-0.2, -0.15) is 0 Å². The van der Waals surface area contributed by atoms with Crippen molar-refractivity contribution >= 4 is 57.1 Å². The lowest BCUT2D eigenvalue weighted by Gasteiger charge is -2.12. The number of nitrogens with one attached hydrogen (secondary N) is 1. The number of nitrogens with zero attached hydrogens (tertiary/aromatic N) is 1. The molecule has 112 valence electrons. The maximum absolute atomic E-state index is 6.09. The van der Waals surface area contributed by atoms with E-state index < -0.39 is 0 Å². The van der Waals surface area contributed by atoms with Crippen LogP contribution in [0.5, 0.6) is 5.75 Å². The molecule has 0 saturated heterocycles. The molecule has 0 radical (unpaired) electrons. The third-order valence-electron chi connectivity index (χ3n) is 3.18.